The van der Waals surface area contributed by atoms with Crippen LogP contribution in [0.4, 0.5) is 5.69 Å². The first-order valence-electron chi connectivity index (χ1n) is 9.13. The third-order valence-electron chi connectivity index (χ3n) is 4.62. The van der Waals surface area contributed by atoms with Gasteiger partial charge in [-0.15, -0.1) is 0 Å². The first-order chi connectivity index (χ1) is 13.6. The quantitative estimate of drug-likeness (QED) is 0.710. The summed E-state index contributed by atoms with van der Waals surface area (Å²) in [5.41, 5.74) is 3.47. The number of amides is 1. The molecule has 0 saturated heterocycles. The maximum Gasteiger partial charge on any atom is 0.241 e. The maximum atomic E-state index is 12.7. The molecule has 0 bridgehead atoms. The van der Waals surface area contributed by atoms with Crippen LogP contribution in [0.2, 0.25) is 0 Å². The zero-order valence-electron chi connectivity index (χ0n) is 17.6. The van der Waals surface area contributed by atoms with Crippen LogP contribution in [0.3, 0.4) is 0 Å². The van der Waals surface area contributed by atoms with Crippen LogP contribution in [-0.2, 0) is 14.8 Å². The average molecular weight is 421 g/mol. The Morgan fingerprint density at radius 3 is 2.31 bits per heavy atom. The number of rotatable bonds is 8. The van der Waals surface area contributed by atoms with Crippen LogP contribution in [0.15, 0.2) is 36.4 Å². The first kappa shape index (κ1) is 22.5. The molecular weight excluding hydrogens is 392 g/mol. The van der Waals surface area contributed by atoms with Crippen LogP contribution in [-0.4, -0.2) is 41.3 Å². The normalized spacial score (nSPS) is 12.2. The molecule has 1 unspecified atom stereocenters. The van der Waals surface area contributed by atoms with Crippen molar-refractivity contribution in [2.24, 2.45) is 0 Å². The van der Waals surface area contributed by atoms with E-state index in [9.17, 15) is 13.2 Å². The molecule has 0 aliphatic carbocycles. The van der Waals surface area contributed by atoms with Gasteiger partial charge >= 0.3 is 0 Å². The summed E-state index contributed by atoms with van der Waals surface area (Å²) in [5.74, 6) is 0.444. The number of carbonyl (C=O) groups excluding carboxylic acids is 1. The molecule has 7 nitrogen and oxygen atoms in total. The number of carbonyl (C=O) groups is 1. The van der Waals surface area contributed by atoms with Gasteiger partial charge in [-0.3, -0.25) is 9.10 Å². The number of benzene rings is 2. The van der Waals surface area contributed by atoms with Crippen molar-refractivity contribution in [3.8, 4) is 11.5 Å². The lowest BCUT2D eigenvalue weighted by Crippen LogP contribution is -2.41. The Morgan fingerprint density at radius 1 is 1.07 bits per heavy atom. The molecule has 1 N–H and O–H groups in total. The van der Waals surface area contributed by atoms with Crippen LogP contribution in [0, 0.1) is 13.8 Å². The predicted octanol–water partition coefficient (Wildman–Crippen LogP) is 2.96. The molecule has 0 aliphatic rings. The van der Waals surface area contributed by atoms with Crippen molar-refractivity contribution in [3.05, 3.63) is 53.1 Å². The summed E-state index contributed by atoms with van der Waals surface area (Å²) in [7, 11) is -0.739. The minimum absolute atomic E-state index is 0.255. The van der Waals surface area contributed by atoms with Crippen LogP contribution in [0.25, 0.3) is 0 Å². The van der Waals surface area contributed by atoms with Gasteiger partial charge in [-0.05, 0) is 44.0 Å². The topological polar surface area (TPSA) is 84.9 Å². The smallest absolute Gasteiger partial charge is 0.241 e. The van der Waals surface area contributed by atoms with E-state index in [1.807, 2.05) is 39.0 Å². The van der Waals surface area contributed by atoms with Gasteiger partial charge in [-0.1, -0.05) is 23.8 Å². The second-order valence-corrected chi connectivity index (χ2v) is 8.86. The van der Waals surface area contributed by atoms with Crippen molar-refractivity contribution in [1.29, 1.82) is 0 Å². The fourth-order valence-corrected chi connectivity index (χ4v) is 3.95. The van der Waals surface area contributed by atoms with Gasteiger partial charge in [0.15, 0.2) is 11.5 Å². The molecule has 0 fully saturated rings. The van der Waals surface area contributed by atoms with Crippen molar-refractivity contribution in [2.75, 3.05) is 31.3 Å². The minimum atomic E-state index is -3.70. The van der Waals surface area contributed by atoms with Crippen molar-refractivity contribution >= 4 is 21.6 Å². The summed E-state index contributed by atoms with van der Waals surface area (Å²) >= 11 is 0. The zero-order valence-corrected chi connectivity index (χ0v) is 18.5. The first-order valence-corrected chi connectivity index (χ1v) is 11.0. The van der Waals surface area contributed by atoms with Crippen molar-refractivity contribution in [3.63, 3.8) is 0 Å². The molecule has 2 aromatic carbocycles. The van der Waals surface area contributed by atoms with E-state index in [0.717, 1.165) is 27.3 Å². The van der Waals surface area contributed by atoms with Crippen LogP contribution >= 0.6 is 0 Å². The Kier molecular flexibility index (Phi) is 7.13. The number of sulfonamides is 1. The molecule has 2 rings (SSSR count). The van der Waals surface area contributed by atoms with Gasteiger partial charge in [0, 0.05) is 6.07 Å². The summed E-state index contributed by atoms with van der Waals surface area (Å²) in [5, 5.41) is 2.89. The van der Waals surface area contributed by atoms with Gasteiger partial charge in [-0.2, -0.15) is 0 Å². The molecule has 0 aliphatic heterocycles. The Morgan fingerprint density at radius 2 is 1.72 bits per heavy atom. The van der Waals surface area contributed by atoms with Crippen LogP contribution in [0.1, 0.15) is 29.7 Å². The number of nitrogens with zero attached hydrogens (tertiary/aromatic N) is 1. The fourth-order valence-electron chi connectivity index (χ4n) is 3.10. The molecule has 158 valence electrons. The molecule has 0 saturated carbocycles. The van der Waals surface area contributed by atoms with E-state index >= 15 is 0 Å². The summed E-state index contributed by atoms with van der Waals surface area (Å²) in [6, 6.07) is 10.5. The Labute approximate surface area is 172 Å². The summed E-state index contributed by atoms with van der Waals surface area (Å²) in [6.45, 7) is 5.49. The Balaban J connectivity index is 2.25. The highest BCUT2D eigenvalue weighted by molar-refractivity contribution is 7.92. The van der Waals surface area contributed by atoms with Crippen LogP contribution in [0.5, 0.6) is 11.5 Å². The lowest BCUT2D eigenvalue weighted by atomic mass is 10.00. The van der Waals surface area contributed by atoms with E-state index in [1.54, 1.807) is 12.1 Å². The highest BCUT2D eigenvalue weighted by Crippen LogP contribution is 2.32. The van der Waals surface area contributed by atoms with Gasteiger partial charge in [0.2, 0.25) is 15.9 Å². The standard InChI is InChI=1S/C21H28N2O5S/c1-14-7-8-15(2)18(11-14)16(3)22-21(24)13-23(29(6,25)26)17-9-10-19(27-4)20(12-17)28-5/h7-12,16H,13H2,1-6H3,(H,22,24). The van der Waals surface area contributed by atoms with Gasteiger partial charge in [-0.25, -0.2) is 8.42 Å². The highest BCUT2D eigenvalue weighted by Gasteiger charge is 2.23. The molecule has 0 heterocycles. The Hall–Kier alpha value is -2.74. The summed E-state index contributed by atoms with van der Waals surface area (Å²) < 4.78 is 36.2. The predicted molar refractivity (Wildman–Crippen MR) is 114 cm³/mol. The second kappa shape index (κ2) is 9.17. The van der Waals surface area contributed by atoms with Crippen molar-refractivity contribution in [2.45, 2.75) is 26.8 Å². The second-order valence-electron chi connectivity index (χ2n) is 6.96. The SMILES string of the molecule is COc1ccc(N(CC(=O)NC(C)c2cc(C)ccc2C)S(C)(=O)=O)cc1OC. The van der Waals surface area contributed by atoms with Crippen molar-refractivity contribution in [1.82, 2.24) is 5.32 Å². The van der Waals surface area contributed by atoms with Gasteiger partial charge in [0.1, 0.15) is 6.54 Å². The number of ether oxygens (including phenoxy) is 2. The van der Waals surface area contributed by atoms with E-state index in [2.05, 4.69) is 5.32 Å². The molecule has 0 aromatic heterocycles. The number of methoxy groups -OCH3 is 2. The third kappa shape index (κ3) is 5.63. The fraction of sp³-hybridized carbons (Fsp3) is 0.381. The van der Waals surface area contributed by atoms with Gasteiger partial charge in [0.25, 0.3) is 0 Å². The largest absolute Gasteiger partial charge is 0.493 e. The zero-order chi connectivity index (χ0) is 21.8. The molecule has 1 atom stereocenters. The molecule has 29 heavy (non-hydrogen) atoms. The maximum absolute atomic E-state index is 12.7. The molecule has 1 amide bonds. The lowest BCUT2D eigenvalue weighted by Gasteiger charge is -2.24. The molecular formula is C21H28N2O5S. The van der Waals surface area contributed by atoms with E-state index < -0.39 is 15.9 Å². The summed E-state index contributed by atoms with van der Waals surface area (Å²) in [6.07, 6.45) is 1.06. The molecule has 2 aromatic rings. The van der Waals surface area contributed by atoms with E-state index in [-0.39, 0.29) is 12.6 Å². The summed E-state index contributed by atoms with van der Waals surface area (Å²) in [4.78, 5) is 12.7. The van der Waals surface area contributed by atoms with E-state index in [4.69, 9.17) is 9.47 Å². The van der Waals surface area contributed by atoms with E-state index in [0.29, 0.717) is 17.2 Å². The number of anilines is 1. The molecule has 8 heteroatoms. The van der Waals surface area contributed by atoms with Crippen LogP contribution < -0.4 is 19.1 Å². The van der Waals surface area contributed by atoms with Gasteiger partial charge in [0.05, 0.1) is 32.2 Å². The number of hydrogen-bond donors (Lipinski definition) is 1. The molecule has 0 radical (unpaired) electrons. The number of hydrogen-bond acceptors (Lipinski definition) is 5. The van der Waals surface area contributed by atoms with Gasteiger partial charge < -0.3 is 14.8 Å². The average Bonchev–Trinajstić information content (AvgIpc) is 2.66. The monoisotopic (exact) mass is 420 g/mol. The third-order valence-corrected chi connectivity index (χ3v) is 5.76. The number of aryl methyl sites for hydroxylation is 2. The molecule has 0 spiro atoms. The van der Waals surface area contributed by atoms with E-state index in [1.165, 1.54) is 20.3 Å². The minimum Gasteiger partial charge on any atom is -0.493 e. The highest BCUT2D eigenvalue weighted by atomic mass is 32.2. The lowest BCUT2D eigenvalue weighted by molar-refractivity contribution is -0.120. The van der Waals surface area contributed by atoms with Crippen molar-refractivity contribution < 1.29 is 22.7 Å². The Bertz CT molecular complexity index is 989. The number of nitrogens with one attached hydrogen (secondary N) is 1.